The van der Waals surface area contributed by atoms with Crippen LogP contribution < -0.4 is 0 Å². The molecule has 0 spiro atoms. The Morgan fingerprint density at radius 3 is 2.95 bits per heavy atom. The van der Waals surface area contributed by atoms with E-state index in [2.05, 4.69) is 14.9 Å². The van der Waals surface area contributed by atoms with Gasteiger partial charge in [-0.05, 0) is 26.3 Å². The van der Waals surface area contributed by atoms with E-state index >= 15 is 0 Å². The highest BCUT2D eigenvalue weighted by Gasteiger charge is 2.35. The molecule has 22 heavy (non-hydrogen) atoms. The second kappa shape index (κ2) is 6.66. The summed E-state index contributed by atoms with van der Waals surface area (Å²) in [5.41, 5.74) is 0. The van der Waals surface area contributed by atoms with Gasteiger partial charge >= 0.3 is 0 Å². The summed E-state index contributed by atoms with van der Waals surface area (Å²) in [7, 11) is -1.29. The molecule has 1 N–H and O–H groups in total. The molecule has 3 heterocycles. The van der Waals surface area contributed by atoms with E-state index in [0.29, 0.717) is 26.2 Å². The zero-order valence-corrected chi connectivity index (χ0v) is 13.8. The van der Waals surface area contributed by atoms with Gasteiger partial charge in [0, 0.05) is 38.6 Å². The van der Waals surface area contributed by atoms with Gasteiger partial charge in [0.15, 0.2) is 0 Å². The number of nitrogens with zero attached hydrogens (tertiary/aromatic N) is 3. The molecule has 2 saturated heterocycles. The van der Waals surface area contributed by atoms with Crippen molar-refractivity contribution >= 4 is 10.0 Å². The van der Waals surface area contributed by atoms with E-state index in [4.69, 9.17) is 4.74 Å². The van der Waals surface area contributed by atoms with Gasteiger partial charge in [0.1, 0.15) is 5.82 Å². The zero-order chi connectivity index (χ0) is 15.6. The van der Waals surface area contributed by atoms with E-state index in [-0.39, 0.29) is 17.9 Å². The molecule has 0 aliphatic carbocycles. The Hall–Kier alpha value is -0.960. The molecule has 0 unspecified atom stereocenters. The number of hydrogen-bond acceptors (Lipinski definition) is 5. The molecule has 0 amide bonds. The lowest BCUT2D eigenvalue weighted by molar-refractivity contribution is 0.0294. The van der Waals surface area contributed by atoms with Gasteiger partial charge in [-0.3, -0.25) is 4.90 Å². The van der Waals surface area contributed by atoms with Crippen LogP contribution in [0.1, 0.15) is 31.1 Å². The third kappa shape index (κ3) is 3.51. The number of ether oxygens (including phenoxy) is 1. The minimum Gasteiger partial charge on any atom is -0.377 e. The average molecular weight is 328 g/mol. The minimum absolute atomic E-state index is 0.0224. The number of hydrogen-bond donors (Lipinski definition) is 1. The van der Waals surface area contributed by atoms with Crippen molar-refractivity contribution in [1.29, 1.82) is 0 Å². The molecule has 0 radical (unpaired) electrons. The van der Waals surface area contributed by atoms with Crippen molar-refractivity contribution in [1.82, 2.24) is 19.2 Å². The second-order valence-electron chi connectivity index (χ2n) is 6.10. The summed E-state index contributed by atoms with van der Waals surface area (Å²) in [6.45, 7) is 2.36. The van der Waals surface area contributed by atoms with Gasteiger partial charge in [-0.2, -0.15) is 4.31 Å². The van der Waals surface area contributed by atoms with Crippen molar-refractivity contribution in [2.75, 3.05) is 39.0 Å². The molecule has 2 fully saturated rings. The monoisotopic (exact) mass is 328 g/mol. The van der Waals surface area contributed by atoms with Crippen LogP contribution in [0.4, 0.5) is 0 Å². The summed E-state index contributed by atoms with van der Waals surface area (Å²) in [4.78, 5) is 9.51. The first-order valence-corrected chi connectivity index (χ1v) is 9.46. The fourth-order valence-corrected chi connectivity index (χ4v) is 4.81. The molecular formula is C14H24N4O3S. The topological polar surface area (TPSA) is 78.5 Å². The van der Waals surface area contributed by atoms with E-state index in [1.807, 2.05) is 7.05 Å². The Kier molecular flexibility index (Phi) is 4.82. The number of rotatable bonds is 4. The van der Waals surface area contributed by atoms with Crippen molar-refractivity contribution in [3.63, 3.8) is 0 Å². The van der Waals surface area contributed by atoms with Crippen LogP contribution in [0.15, 0.2) is 12.4 Å². The molecule has 3 rings (SSSR count). The third-order valence-corrected chi connectivity index (χ3v) is 6.42. The minimum atomic E-state index is -3.29. The molecule has 0 aromatic carbocycles. The molecule has 1 aromatic heterocycles. The van der Waals surface area contributed by atoms with Crippen molar-refractivity contribution in [3.8, 4) is 0 Å². The summed E-state index contributed by atoms with van der Waals surface area (Å²) in [5.74, 6) is 0.915. The lowest BCUT2D eigenvalue weighted by Gasteiger charge is -2.38. The van der Waals surface area contributed by atoms with E-state index in [0.717, 1.165) is 25.1 Å². The van der Waals surface area contributed by atoms with Crippen LogP contribution in [0.5, 0.6) is 0 Å². The normalized spacial score (nSPS) is 28.8. The molecule has 0 saturated carbocycles. The summed E-state index contributed by atoms with van der Waals surface area (Å²) >= 11 is 0. The van der Waals surface area contributed by atoms with E-state index in [1.165, 1.54) is 0 Å². The predicted molar refractivity (Wildman–Crippen MR) is 82.9 cm³/mol. The van der Waals surface area contributed by atoms with Crippen molar-refractivity contribution < 1.29 is 13.2 Å². The van der Waals surface area contributed by atoms with Crippen molar-refractivity contribution in [2.45, 2.75) is 31.4 Å². The summed E-state index contributed by atoms with van der Waals surface area (Å²) in [6, 6.07) is -0.0224. The lowest BCUT2D eigenvalue weighted by atomic mass is 10.1. The molecule has 8 heteroatoms. The number of likely N-dealkylation sites (N-methyl/N-ethyl adjacent to an activating group) is 1. The van der Waals surface area contributed by atoms with Crippen LogP contribution in [-0.4, -0.2) is 72.7 Å². The summed E-state index contributed by atoms with van der Waals surface area (Å²) in [5, 5.41) is 0. The average Bonchev–Trinajstić information content (AvgIpc) is 3.02. The Morgan fingerprint density at radius 2 is 2.27 bits per heavy atom. The predicted octanol–water partition coefficient (Wildman–Crippen LogP) is 0.597. The number of imidazole rings is 1. The highest BCUT2D eigenvalue weighted by Crippen LogP contribution is 2.24. The molecule has 7 nitrogen and oxygen atoms in total. The van der Waals surface area contributed by atoms with Crippen LogP contribution in [0.25, 0.3) is 0 Å². The van der Waals surface area contributed by atoms with Crippen LogP contribution in [-0.2, 0) is 14.8 Å². The van der Waals surface area contributed by atoms with E-state index in [1.54, 1.807) is 16.7 Å². The smallest absolute Gasteiger partial charge is 0.216 e. The standard InChI is InChI=1S/C14H24N4O3S/c1-17-7-8-18(10-13(17)14-15-5-6-16-14)22(19,20)11-12-4-2-3-9-21-12/h5-6,12-13H,2-4,7-11H2,1H3,(H,15,16)/t12-,13+/m1/s1. The Bertz CT molecular complexity index is 569. The van der Waals surface area contributed by atoms with Crippen LogP contribution in [0.3, 0.4) is 0 Å². The number of aromatic nitrogens is 2. The molecule has 0 bridgehead atoms. The van der Waals surface area contributed by atoms with Crippen LogP contribution in [0, 0.1) is 0 Å². The molecule has 2 atom stereocenters. The van der Waals surface area contributed by atoms with Gasteiger partial charge in [0.05, 0.1) is 17.9 Å². The second-order valence-corrected chi connectivity index (χ2v) is 8.11. The zero-order valence-electron chi connectivity index (χ0n) is 12.9. The van der Waals surface area contributed by atoms with Crippen LogP contribution in [0.2, 0.25) is 0 Å². The van der Waals surface area contributed by atoms with Crippen molar-refractivity contribution in [3.05, 3.63) is 18.2 Å². The highest BCUT2D eigenvalue weighted by atomic mass is 32.2. The third-order valence-electron chi connectivity index (χ3n) is 4.51. The summed E-state index contributed by atoms with van der Waals surface area (Å²) in [6.07, 6.45) is 6.25. The van der Waals surface area contributed by atoms with E-state index in [9.17, 15) is 8.42 Å². The Labute approximate surface area is 131 Å². The first-order valence-electron chi connectivity index (χ1n) is 7.85. The first-order chi connectivity index (χ1) is 10.6. The molecule has 2 aliphatic rings. The van der Waals surface area contributed by atoms with Gasteiger partial charge in [-0.15, -0.1) is 0 Å². The molecule has 2 aliphatic heterocycles. The Balaban J connectivity index is 1.68. The maximum Gasteiger partial charge on any atom is 0.216 e. The number of H-pyrrole nitrogens is 1. The van der Waals surface area contributed by atoms with Crippen LogP contribution >= 0.6 is 0 Å². The summed E-state index contributed by atoms with van der Waals surface area (Å²) < 4.78 is 32.5. The number of piperazine rings is 1. The van der Waals surface area contributed by atoms with Gasteiger partial charge < -0.3 is 9.72 Å². The lowest BCUT2D eigenvalue weighted by Crippen LogP contribution is -2.51. The van der Waals surface area contributed by atoms with Gasteiger partial charge in [0.2, 0.25) is 10.0 Å². The first kappa shape index (κ1) is 15.9. The number of nitrogens with one attached hydrogen (secondary N) is 1. The molecule has 1 aromatic rings. The maximum absolute atomic E-state index is 12.7. The largest absolute Gasteiger partial charge is 0.377 e. The van der Waals surface area contributed by atoms with Gasteiger partial charge in [0.25, 0.3) is 0 Å². The van der Waals surface area contributed by atoms with Gasteiger partial charge in [-0.1, -0.05) is 0 Å². The van der Waals surface area contributed by atoms with Crippen molar-refractivity contribution in [2.24, 2.45) is 0 Å². The number of aromatic amines is 1. The Morgan fingerprint density at radius 1 is 1.41 bits per heavy atom. The quantitative estimate of drug-likeness (QED) is 0.875. The van der Waals surface area contributed by atoms with E-state index < -0.39 is 10.0 Å². The highest BCUT2D eigenvalue weighted by molar-refractivity contribution is 7.89. The maximum atomic E-state index is 12.7. The molecular weight excluding hydrogens is 304 g/mol. The SMILES string of the molecule is CN1CCN(S(=O)(=O)C[C@H]2CCCCO2)C[C@H]1c1ncc[nH]1. The molecule has 124 valence electrons. The number of sulfonamides is 1. The fourth-order valence-electron chi connectivity index (χ4n) is 3.14. The van der Waals surface area contributed by atoms with Gasteiger partial charge in [-0.25, -0.2) is 13.4 Å². The fraction of sp³-hybridized carbons (Fsp3) is 0.786.